The van der Waals surface area contributed by atoms with Crippen LogP contribution in [0, 0.1) is 0 Å². The van der Waals surface area contributed by atoms with Crippen LogP contribution in [0.25, 0.3) is 0 Å². The van der Waals surface area contributed by atoms with E-state index in [0.717, 1.165) is 0 Å². The topological polar surface area (TPSA) is 96.4 Å². The monoisotopic (exact) mass is 356 g/mol. The quantitative estimate of drug-likeness (QED) is 0.876. The highest BCUT2D eigenvalue weighted by atomic mass is 79.9. The van der Waals surface area contributed by atoms with Gasteiger partial charge in [-0.2, -0.15) is 0 Å². The minimum Gasteiger partial charge on any atom is -0.478 e. The number of carbonyl (C=O) groups is 1. The molecule has 0 aliphatic carbocycles. The van der Waals surface area contributed by atoms with Crippen LogP contribution in [0.2, 0.25) is 0 Å². The van der Waals surface area contributed by atoms with Crippen LogP contribution in [-0.2, 0) is 10.0 Å². The second-order valence-electron chi connectivity index (χ2n) is 3.74. The number of halogens is 1. The highest BCUT2D eigenvalue weighted by molar-refractivity contribution is 9.10. The number of rotatable bonds is 4. The molecule has 1 aromatic heterocycles. The van der Waals surface area contributed by atoms with Crippen LogP contribution < -0.4 is 4.72 Å². The largest absolute Gasteiger partial charge is 0.478 e. The predicted octanol–water partition coefficient (Wildman–Crippen LogP) is 2.34. The molecule has 0 saturated carbocycles. The fourth-order valence-corrected chi connectivity index (χ4v) is 3.54. The van der Waals surface area contributed by atoms with E-state index in [-0.39, 0.29) is 16.3 Å². The van der Waals surface area contributed by atoms with Gasteiger partial charge in [0.05, 0.1) is 0 Å². The lowest BCUT2D eigenvalue weighted by Crippen LogP contribution is -2.17. The van der Waals surface area contributed by atoms with Gasteiger partial charge in [0, 0.05) is 10.7 Å². The van der Waals surface area contributed by atoms with Crippen LogP contribution in [0.4, 0.5) is 5.82 Å². The van der Waals surface area contributed by atoms with Gasteiger partial charge in [-0.05, 0) is 40.2 Å². The van der Waals surface area contributed by atoms with Gasteiger partial charge >= 0.3 is 5.97 Å². The Morgan fingerprint density at radius 3 is 2.55 bits per heavy atom. The highest BCUT2D eigenvalue weighted by Crippen LogP contribution is 2.24. The summed E-state index contributed by atoms with van der Waals surface area (Å²) in [6, 6.07) is 8.90. The second kappa shape index (κ2) is 5.59. The van der Waals surface area contributed by atoms with Crippen molar-refractivity contribution in [1.29, 1.82) is 0 Å². The van der Waals surface area contributed by atoms with Gasteiger partial charge in [0.1, 0.15) is 10.5 Å². The van der Waals surface area contributed by atoms with Gasteiger partial charge in [0.25, 0.3) is 10.0 Å². The molecular weight excluding hydrogens is 348 g/mol. The summed E-state index contributed by atoms with van der Waals surface area (Å²) in [5, 5.41) is 9.00. The highest BCUT2D eigenvalue weighted by Gasteiger charge is 2.21. The average Bonchev–Trinajstić information content (AvgIpc) is 2.39. The third-order valence-corrected chi connectivity index (χ3v) is 4.75. The van der Waals surface area contributed by atoms with Crippen molar-refractivity contribution in [2.75, 3.05) is 4.72 Å². The van der Waals surface area contributed by atoms with E-state index in [0.29, 0.717) is 4.47 Å². The zero-order valence-electron chi connectivity index (χ0n) is 9.95. The molecule has 0 unspecified atom stereocenters. The minimum absolute atomic E-state index is 0.00184. The number of anilines is 1. The molecule has 20 heavy (non-hydrogen) atoms. The third-order valence-electron chi connectivity index (χ3n) is 2.40. The summed E-state index contributed by atoms with van der Waals surface area (Å²) >= 11 is 3.14. The average molecular weight is 357 g/mol. The van der Waals surface area contributed by atoms with Crippen LogP contribution in [0.5, 0.6) is 0 Å². The summed E-state index contributed by atoms with van der Waals surface area (Å²) in [7, 11) is -3.92. The first-order chi connectivity index (χ1) is 9.42. The van der Waals surface area contributed by atoms with E-state index in [1.54, 1.807) is 18.2 Å². The van der Waals surface area contributed by atoms with Crippen molar-refractivity contribution in [2.45, 2.75) is 4.90 Å². The molecule has 0 aliphatic rings. The molecule has 0 fully saturated rings. The van der Waals surface area contributed by atoms with Gasteiger partial charge in [-0.1, -0.05) is 12.1 Å². The van der Waals surface area contributed by atoms with E-state index in [1.165, 1.54) is 24.4 Å². The SMILES string of the molecule is O=C(O)c1cccnc1NS(=O)(=O)c1ccccc1Br. The molecule has 0 radical (unpaired) electrons. The Balaban J connectivity index is 2.45. The van der Waals surface area contributed by atoms with E-state index in [2.05, 4.69) is 25.6 Å². The van der Waals surface area contributed by atoms with Crippen LogP contribution >= 0.6 is 15.9 Å². The molecule has 2 N–H and O–H groups in total. The summed E-state index contributed by atoms with van der Waals surface area (Å²) in [4.78, 5) is 14.8. The number of aromatic nitrogens is 1. The molecule has 0 atom stereocenters. The van der Waals surface area contributed by atoms with Crippen LogP contribution in [0.1, 0.15) is 10.4 Å². The fraction of sp³-hybridized carbons (Fsp3) is 0. The Morgan fingerprint density at radius 2 is 1.90 bits per heavy atom. The van der Waals surface area contributed by atoms with Crippen molar-refractivity contribution in [3.05, 3.63) is 52.6 Å². The summed E-state index contributed by atoms with van der Waals surface area (Å²) in [6.07, 6.45) is 1.31. The van der Waals surface area contributed by atoms with E-state index < -0.39 is 16.0 Å². The minimum atomic E-state index is -3.92. The molecule has 0 bridgehead atoms. The number of carboxylic acid groups (broad SMARTS) is 1. The van der Waals surface area contributed by atoms with Gasteiger partial charge in [0.2, 0.25) is 0 Å². The number of carboxylic acids is 1. The van der Waals surface area contributed by atoms with Crippen molar-refractivity contribution in [1.82, 2.24) is 4.98 Å². The fourth-order valence-electron chi connectivity index (χ4n) is 1.50. The molecular formula is C12H9BrN2O4S. The number of nitrogens with zero attached hydrogens (tertiary/aromatic N) is 1. The van der Waals surface area contributed by atoms with Crippen molar-refractivity contribution in [3.8, 4) is 0 Å². The van der Waals surface area contributed by atoms with Gasteiger partial charge in [-0.15, -0.1) is 0 Å². The Bertz CT molecular complexity index is 762. The number of hydrogen-bond acceptors (Lipinski definition) is 4. The van der Waals surface area contributed by atoms with Crippen LogP contribution in [0.15, 0.2) is 52.0 Å². The molecule has 104 valence electrons. The van der Waals surface area contributed by atoms with E-state index >= 15 is 0 Å². The Hall–Kier alpha value is -1.93. The van der Waals surface area contributed by atoms with Gasteiger partial charge in [-0.3, -0.25) is 4.72 Å². The van der Waals surface area contributed by atoms with Gasteiger partial charge in [-0.25, -0.2) is 18.2 Å². The maximum Gasteiger partial charge on any atom is 0.339 e. The molecule has 0 aliphatic heterocycles. The Morgan fingerprint density at radius 1 is 1.20 bits per heavy atom. The van der Waals surface area contributed by atoms with Crippen molar-refractivity contribution >= 4 is 37.7 Å². The number of hydrogen-bond donors (Lipinski definition) is 2. The first-order valence-corrected chi connectivity index (χ1v) is 7.65. The number of pyridine rings is 1. The molecule has 8 heteroatoms. The number of nitrogens with one attached hydrogen (secondary N) is 1. The standard InChI is InChI=1S/C12H9BrN2O4S/c13-9-5-1-2-6-10(9)20(18,19)15-11-8(12(16)17)4-3-7-14-11/h1-7H,(H,14,15)(H,16,17). The number of benzene rings is 1. The zero-order valence-corrected chi connectivity index (χ0v) is 12.3. The molecule has 1 aromatic carbocycles. The molecule has 2 rings (SSSR count). The van der Waals surface area contributed by atoms with Gasteiger partial charge in [0.15, 0.2) is 5.82 Å². The summed E-state index contributed by atoms with van der Waals surface area (Å²) in [5.74, 6) is -1.49. The maximum absolute atomic E-state index is 12.2. The molecule has 6 nitrogen and oxygen atoms in total. The molecule has 1 heterocycles. The first kappa shape index (κ1) is 14.5. The lowest BCUT2D eigenvalue weighted by Gasteiger charge is -2.10. The van der Waals surface area contributed by atoms with Crippen LogP contribution in [-0.4, -0.2) is 24.5 Å². The Kier molecular flexibility index (Phi) is 4.05. The lowest BCUT2D eigenvalue weighted by atomic mass is 10.3. The molecule has 0 saturated heterocycles. The van der Waals surface area contributed by atoms with E-state index in [4.69, 9.17) is 5.11 Å². The zero-order chi connectivity index (χ0) is 14.8. The summed E-state index contributed by atoms with van der Waals surface area (Å²) in [5.41, 5.74) is -0.219. The number of aromatic carboxylic acids is 1. The van der Waals surface area contributed by atoms with Crippen molar-refractivity contribution in [2.24, 2.45) is 0 Å². The molecule has 0 amide bonds. The smallest absolute Gasteiger partial charge is 0.339 e. The predicted molar refractivity (Wildman–Crippen MR) is 76.1 cm³/mol. The van der Waals surface area contributed by atoms with Gasteiger partial charge < -0.3 is 5.11 Å². The molecule has 2 aromatic rings. The lowest BCUT2D eigenvalue weighted by molar-refractivity contribution is 0.0697. The van der Waals surface area contributed by atoms with Crippen molar-refractivity contribution < 1.29 is 18.3 Å². The first-order valence-electron chi connectivity index (χ1n) is 5.37. The molecule has 0 spiro atoms. The van der Waals surface area contributed by atoms with Crippen LogP contribution in [0.3, 0.4) is 0 Å². The Labute approximate surface area is 123 Å². The third kappa shape index (κ3) is 2.97. The van der Waals surface area contributed by atoms with Crippen molar-refractivity contribution in [3.63, 3.8) is 0 Å². The van der Waals surface area contributed by atoms with E-state index in [9.17, 15) is 13.2 Å². The summed E-state index contributed by atoms with van der Waals surface area (Å²) in [6.45, 7) is 0. The normalized spacial score (nSPS) is 11.1. The summed E-state index contributed by atoms with van der Waals surface area (Å²) < 4.78 is 27.0. The van der Waals surface area contributed by atoms with E-state index in [1.807, 2.05) is 0 Å². The number of sulfonamides is 1. The maximum atomic E-state index is 12.2. The second-order valence-corrected chi connectivity index (χ2v) is 6.25.